The molecule has 1 aromatic heterocycles. The molecular formula is C14H14BrNO5. The molecular weight excluding hydrogens is 342 g/mol. The highest BCUT2D eigenvalue weighted by Crippen LogP contribution is 2.44. The Morgan fingerprint density at radius 3 is 2.48 bits per heavy atom. The van der Waals surface area contributed by atoms with E-state index < -0.39 is 5.97 Å². The van der Waals surface area contributed by atoms with Gasteiger partial charge in [-0.05, 0) is 28.4 Å². The minimum absolute atomic E-state index is 0.141. The van der Waals surface area contributed by atoms with Crippen LogP contribution in [0.5, 0.6) is 11.5 Å². The van der Waals surface area contributed by atoms with Crippen LogP contribution in [-0.2, 0) is 6.42 Å². The minimum Gasteiger partial charge on any atom is -0.493 e. The van der Waals surface area contributed by atoms with Gasteiger partial charge in [0.2, 0.25) is 0 Å². The van der Waals surface area contributed by atoms with Gasteiger partial charge in [-0.2, -0.15) is 0 Å². The number of methoxy groups -OCH3 is 2. The van der Waals surface area contributed by atoms with Gasteiger partial charge in [0.05, 0.1) is 18.7 Å². The van der Waals surface area contributed by atoms with Gasteiger partial charge in [-0.1, -0.05) is 12.1 Å². The first-order valence-corrected chi connectivity index (χ1v) is 6.96. The molecule has 0 atom stereocenters. The van der Waals surface area contributed by atoms with Crippen LogP contribution in [0, 0.1) is 0 Å². The lowest BCUT2D eigenvalue weighted by atomic mass is 10.0. The van der Waals surface area contributed by atoms with Crippen LogP contribution in [0.1, 0.15) is 23.0 Å². The number of ether oxygens (including phenoxy) is 2. The number of halogens is 1. The zero-order valence-electron chi connectivity index (χ0n) is 11.8. The number of aromatic nitrogens is 1. The van der Waals surface area contributed by atoms with Gasteiger partial charge in [-0.25, -0.2) is 4.79 Å². The fraction of sp³-hybridized carbons (Fsp3) is 0.286. The lowest BCUT2D eigenvalue weighted by Crippen LogP contribution is -1.99. The predicted octanol–water partition coefficient (Wildman–Crippen LogP) is 3.38. The Hall–Kier alpha value is -2.02. The average Bonchev–Trinajstić information content (AvgIpc) is 2.95. The van der Waals surface area contributed by atoms with Gasteiger partial charge in [0.15, 0.2) is 23.0 Å². The predicted molar refractivity (Wildman–Crippen MR) is 79.1 cm³/mol. The van der Waals surface area contributed by atoms with E-state index in [2.05, 4.69) is 21.1 Å². The van der Waals surface area contributed by atoms with E-state index in [1.165, 1.54) is 6.07 Å². The number of rotatable bonds is 5. The van der Waals surface area contributed by atoms with E-state index in [1.54, 1.807) is 20.3 Å². The molecule has 0 bridgehead atoms. The highest BCUT2D eigenvalue weighted by molar-refractivity contribution is 9.10. The van der Waals surface area contributed by atoms with Crippen molar-refractivity contribution in [3.63, 3.8) is 0 Å². The minimum atomic E-state index is -1.14. The van der Waals surface area contributed by atoms with E-state index in [0.29, 0.717) is 33.7 Å². The van der Waals surface area contributed by atoms with Crippen LogP contribution in [0.3, 0.4) is 0 Å². The van der Waals surface area contributed by atoms with E-state index in [0.717, 1.165) is 5.56 Å². The second-order valence-electron chi connectivity index (χ2n) is 4.19. The third-order valence-corrected chi connectivity index (χ3v) is 3.64. The molecule has 0 fully saturated rings. The SMILES string of the molecule is CCc1c(-c2cc(C(=O)O)no2)cc(Br)c(OC)c1OC. The number of aromatic carboxylic acids is 1. The van der Waals surface area contributed by atoms with Crippen molar-refractivity contribution >= 4 is 21.9 Å². The molecule has 6 nitrogen and oxygen atoms in total. The Bertz CT molecular complexity index is 680. The lowest BCUT2D eigenvalue weighted by Gasteiger charge is -2.16. The number of benzene rings is 1. The maximum atomic E-state index is 10.9. The van der Waals surface area contributed by atoms with Crippen molar-refractivity contribution in [2.24, 2.45) is 0 Å². The number of carboxylic acids is 1. The summed E-state index contributed by atoms with van der Waals surface area (Å²) in [5.74, 6) is 0.391. The van der Waals surface area contributed by atoms with Crippen LogP contribution >= 0.6 is 15.9 Å². The third kappa shape index (κ3) is 2.73. The van der Waals surface area contributed by atoms with Crippen molar-refractivity contribution in [1.82, 2.24) is 5.16 Å². The Balaban J connectivity index is 2.67. The Labute approximate surface area is 129 Å². The van der Waals surface area contributed by atoms with Crippen LogP contribution in [0.4, 0.5) is 0 Å². The summed E-state index contributed by atoms with van der Waals surface area (Å²) in [6.07, 6.45) is 0.658. The van der Waals surface area contributed by atoms with Crippen LogP contribution in [0.25, 0.3) is 11.3 Å². The Morgan fingerprint density at radius 1 is 1.33 bits per heavy atom. The average molecular weight is 356 g/mol. The van der Waals surface area contributed by atoms with Gasteiger partial charge in [0.1, 0.15) is 0 Å². The topological polar surface area (TPSA) is 81.8 Å². The smallest absolute Gasteiger partial charge is 0.358 e. The molecule has 1 N–H and O–H groups in total. The van der Waals surface area contributed by atoms with Crippen molar-refractivity contribution in [2.75, 3.05) is 14.2 Å². The van der Waals surface area contributed by atoms with Crippen molar-refractivity contribution in [1.29, 1.82) is 0 Å². The summed E-state index contributed by atoms with van der Waals surface area (Å²) in [4.78, 5) is 10.9. The maximum absolute atomic E-state index is 10.9. The molecule has 2 rings (SSSR count). The zero-order chi connectivity index (χ0) is 15.6. The molecule has 1 aromatic carbocycles. The van der Waals surface area contributed by atoms with Gasteiger partial charge < -0.3 is 19.1 Å². The first-order valence-electron chi connectivity index (χ1n) is 6.17. The Kier molecular flexibility index (Phi) is 4.52. The highest BCUT2D eigenvalue weighted by Gasteiger charge is 2.22. The highest BCUT2D eigenvalue weighted by atomic mass is 79.9. The summed E-state index contributed by atoms with van der Waals surface area (Å²) in [5, 5.41) is 12.5. The van der Waals surface area contributed by atoms with E-state index in [4.69, 9.17) is 19.1 Å². The number of hydrogen-bond donors (Lipinski definition) is 1. The standard InChI is InChI=1S/C14H14BrNO5/c1-4-7-8(11-6-10(14(17)18)16-21-11)5-9(15)13(20-3)12(7)19-2/h5-6H,4H2,1-3H3,(H,17,18). The molecule has 1 heterocycles. The molecule has 0 saturated carbocycles. The summed E-state index contributed by atoms with van der Waals surface area (Å²) in [5.41, 5.74) is 1.42. The molecule has 21 heavy (non-hydrogen) atoms. The van der Waals surface area contributed by atoms with Gasteiger partial charge in [-0.3, -0.25) is 0 Å². The summed E-state index contributed by atoms with van der Waals surface area (Å²) in [7, 11) is 3.11. The van der Waals surface area contributed by atoms with Gasteiger partial charge in [0.25, 0.3) is 0 Å². The van der Waals surface area contributed by atoms with Crippen molar-refractivity contribution in [3.8, 4) is 22.8 Å². The van der Waals surface area contributed by atoms with Crippen LogP contribution in [0.2, 0.25) is 0 Å². The number of carboxylic acid groups (broad SMARTS) is 1. The molecule has 0 aliphatic heterocycles. The monoisotopic (exact) mass is 355 g/mol. The normalized spacial score (nSPS) is 10.5. The number of nitrogens with zero attached hydrogens (tertiary/aromatic N) is 1. The van der Waals surface area contributed by atoms with Gasteiger partial charge in [0, 0.05) is 17.2 Å². The molecule has 0 aliphatic rings. The quantitative estimate of drug-likeness (QED) is 0.885. The molecule has 0 unspecified atom stereocenters. The lowest BCUT2D eigenvalue weighted by molar-refractivity contribution is 0.0686. The molecule has 0 radical (unpaired) electrons. The summed E-state index contributed by atoms with van der Waals surface area (Å²) in [6, 6.07) is 3.18. The van der Waals surface area contributed by atoms with E-state index in [-0.39, 0.29) is 5.69 Å². The van der Waals surface area contributed by atoms with Crippen molar-refractivity contribution in [2.45, 2.75) is 13.3 Å². The Morgan fingerprint density at radius 2 is 2.00 bits per heavy atom. The summed E-state index contributed by atoms with van der Waals surface area (Å²) >= 11 is 3.41. The molecule has 0 amide bonds. The fourth-order valence-corrected chi connectivity index (χ4v) is 2.70. The number of carbonyl (C=O) groups is 1. The van der Waals surface area contributed by atoms with E-state index >= 15 is 0 Å². The first-order chi connectivity index (χ1) is 10.0. The van der Waals surface area contributed by atoms with Gasteiger partial charge >= 0.3 is 5.97 Å². The largest absolute Gasteiger partial charge is 0.493 e. The van der Waals surface area contributed by atoms with E-state index in [1.807, 2.05) is 6.92 Å². The van der Waals surface area contributed by atoms with Crippen LogP contribution in [-0.4, -0.2) is 30.5 Å². The molecule has 0 spiro atoms. The molecule has 7 heteroatoms. The second kappa shape index (κ2) is 6.17. The molecule has 0 aliphatic carbocycles. The summed E-state index contributed by atoms with van der Waals surface area (Å²) in [6.45, 7) is 1.96. The summed E-state index contributed by atoms with van der Waals surface area (Å²) < 4.78 is 16.6. The van der Waals surface area contributed by atoms with Crippen molar-refractivity contribution in [3.05, 3.63) is 27.9 Å². The molecule has 0 saturated heterocycles. The number of hydrogen-bond acceptors (Lipinski definition) is 5. The van der Waals surface area contributed by atoms with Gasteiger partial charge in [-0.15, -0.1) is 0 Å². The molecule has 112 valence electrons. The molecule has 2 aromatic rings. The zero-order valence-corrected chi connectivity index (χ0v) is 13.4. The van der Waals surface area contributed by atoms with E-state index in [9.17, 15) is 4.79 Å². The third-order valence-electron chi connectivity index (χ3n) is 3.05. The second-order valence-corrected chi connectivity index (χ2v) is 5.04. The fourth-order valence-electron chi connectivity index (χ4n) is 2.13. The first kappa shape index (κ1) is 15.4. The van der Waals surface area contributed by atoms with Crippen LogP contribution in [0.15, 0.2) is 21.1 Å². The van der Waals surface area contributed by atoms with Crippen molar-refractivity contribution < 1.29 is 23.9 Å². The maximum Gasteiger partial charge on any atom is 0.358 e. The van der Waals surface area contributed by atoms with Crippen LogP contribution < -0.4 is 9.47 Å².